The van der Waals surface area contributed by atoms with E-state index in [4.69, 9.17) is 5.84 Å². The highest BCUT2D eigenvalue weighted by molar-refractivity contribution is 7.91. The average molecular weight is 316 g/mol. The Morgan fingerprint density at radius 2 is 2.10 bits per heavy atom. The van der Waals surface area contributed by atoms with Gasteiger partial charge in [0.05, 0.1) is 21.9 Å². The lowest BCUT2D eigenvalue weighted by atomic mass is 10.1. The van der Waals surface area contributed by atoms with E-state index in [1.807, 2.05) is 0 Å². The summed E-state index contributed by atoms with van der Waals surface area (Å²) < 4.78 is 22.6. The highest BCUT2D eigenvalue weighted by Gasteiger charge is 2.17. The highest BCUT2D eigenvalue weighted by Crippen LogP contribution is 2.21. The van der Waals surface area contributed by atoms with Crippen LogP contribution in [0.3, 0.4) is 0 Å². The summed E-state index contributed by atoms with van der Waals surface area (Å²) in [6.07, 6.45) is 0. The number of hydrogen-bond donors (Lipinski definition) is 3. The van der Waals surface area contributed by atoms with Crippen molar-refractivity contribution in [3.8, 4) is 0 Å². The number of carbonyl (C=O) groups is 1. The summed E-state index contributed by atoms with van der Waals surface area (Å²) in [5.41, 5.74) is 2.17. The molecular weight excluding hydrogens is 300 g/mol. The summed E-state index contributed by atoms with van der Waals surface area (Å²) >= 11 is 0. The molecule has 1 rings (SSSR count). The molecule has 21 heavy (non-hydrogen) atoms. The maximum absolute atomic E-state index is 11.9. The lowest BCUT2D eigenvalue weighted by molar-refractivity contribution is -0.384. The van der Waals surface area contributed by atoms with Crippen molar-refractivity contribution in [1.29, 1.82) is 0 Å². The first-order valence-corrected chi connectivity index (χ1v) is 7.86. The number of non-ortho nitro benzene ring substituents is 1. The van der Waals surface area contributed by atoms with Gasteiger partial charge in [-0.2, -0.15) is 0 Å². The van der Waals surface area contributed by atoms with E-state index >= 15 is 0 Å². The minimum atomic E-state index is -3.20. The van der Waals surface area contributed by atoms with Crippen LogP contribution in [-0.4, -0.2) is 37.3 Å². The number of rotatable bonds is 7. The first-order chi connectivity index (χ1) is 9.80. The van der Waals surface area contributed by atoms with Crippen molar-refractivity contribution < 1.29 is 18.1 Å². The number of hydrogen-bond acceptors (Lipinski definition) is 7. The minimum Gasteiger partial charge on any atom is -0.351 e. The van der Waals surface area contributed by atoms with Gasteiger partial charge in [-0.3, -0.25) is 20.8 Å². The van der Waals surface area contributed by atoms with E-state index < -0.39 is 20.7 Å². The van der Waals surface area contributed by atoms with Gasteiger partial charge < -0.3 is 10.7 Å². The summed E-state index contributed by atoms with van der Waals surface area (Å²) in [4.78, 5) is 22.0. The largest absolute Gasteiger partial charge is 0.351 e. The second kappa shape index (κ2) is 6.99. The first-order valence-electron chi connectivity index (χ1n) is 6.04. The number of nitro benzene ring substituents is 1. The Morgan fingerprint density at radius 3 is 2.62 bits per heavy atom. The summed E-state index contributed by atoms with van der Waals surface area (Å²) in [5, 5.41) is 13.1. The van der Waals surface area contributed by atoms with E-state index in [2.05, 4.69) is 10.7 Å². The van der Waals surface area contributed by atoms with Crippen molar-refractivity contribution in [1.82, 2.24) is 5.32 Å². The van der Waals surface area contributed by atoms with Crippen molar-refractivity contribution in [2.45, 2.75) is 6.92 Å². The molecule has 0 saturated carbocycles. The fourth-order valence-electron chi connectivity index (χ4n) is 1.52. The minimum absolute atomic E-state index is 0.0186. The fraction of sp³-hybridized carbons (Fsp3) is 0.364. The molecule has 0 unspecified atom stereocenters. The SMILES string of the molecule is CCS(=O)(=O)CCNC(=O)c1cc([N+](=O)[O-])ccc1NN. The van der Waals surface area contributed by atoms with Crippen LogP contribution >= 0.6 is 0 Å². The quantitative estimate of drug-likeness (QED) is 0.366. The normalized spacial score (nSPS) is 11.0. The number of amides is 1. The molecule has 1 aromatic carbocycles. The molecule has 9 nitrogen and oxygen atoms in total. The smallest absolute Gasteiger partial charge is 0.270 e. The summed E-state index contributed by atoms with van der Waals surface area (Å²) in [7, 11) is -3.20. The summed E-state index contributed by atoms with van der Waals surface area (Å²) in [6.45, 7) is 1.43. The molecule has 0 bridgehead atoms. The van der Waals surface area contributed by atoms with Crippen molar-refractivity contribution in [3.05, 3.63) is 33.9 Å². The Kier molecular flexibility index (Phi) is 5.61. The Labute approximate surface area is 121 Å². The molecule has 4 N–H and O–H groups in total. The number of carbonyl (C=O) groups excluding carboxylic acids is 1. The maximum atomic E-state index is 11.9. The van der Waals surface area contributed by atoms with Gasteiger partial charge >= 0.3 is 0 Å². The van der Waals surface area contributed by atoms with Crippen LogP contribution in [0, 0.1) is 10.1 Å². The zero-order chi connectivity index (χ0) is 16.0. The number of hydrazine groups is 1. The van der Waals surface area contributed by atoms with Crippen LogP contribution < -0.4 is 16.6 Å². The average Bonchev–Trinajstić information content (AvgIpc) is 2.46. The molecule has 0 fully saturated rings. The van der Waals surface area contributed by atoms with Crippen LogP contribution in [0.15, 0.2) is 18.2 Å². The van der Waals surface area contributed by atoms with Gasteiger partial charge in [-0.1, -0.05) is 6.92 Å². The van der Waals surface area contributed by atoms with E-state index in [1.165, 1.54) is 19.1 Å². The van der Waals surface area contributed by atoms with Gasteiger partial charge in [0, 0.05) is 24.4 Å². The number of nitrogens with two attached hydrogens (primary N) is 1. The van der Waals surface area contributed by atoms with Crippen LogP contribution in [0.5, 0.6) is 0 Å². The summed E-state index contributed by atoms with van der Waals surface area (Å²) in [5.74, 6) is 4.38. The van der Waals surface area contributed by atoms with Gasteiger partial charge in [-0.15, -0.1) is 0 Å². The molecule has 0 saturated heterocycles. The molecule has 0 atom stereocenters. The fourth-order valence-corrected chi connectivity index (χ4v) is 2.22. The van der Waals surface area contributed by atoms with E-state index in [1.54, 1.807) is 0 Å². The predicted molar refractivity (Wildman–Crippen MR) is 77.6 cm³/mol. The van der Waals surface area contributed by atoms with Gasteiger partial charge in [-0.05, 0) is 6.07 Å². The molecule has 0 radical (unpaired) electrons. The molecule has 0 heterocycles. The van der Waals surface area contributed by atoms with E-state index in [0.717, 1.165) is 6.07 Å². The van der Waals surface area contributed by atoms with E-state index in [9.17, 15) is 23.3 Å². The third kappa shape index (κ3) is 4.68. The highest BCUT2D eigenvalue weighted by atomic mass is 32.2. The predicted octanol–water partition coefficient (Wildman–Crippen LogP) is 0.0449. The van der Waals surface area contributed by atoms with Crippen molar-refractivity contribution in [3.63, 3.8) is 0 Å². The molecule has 0 aliphatic rings. The molecule has 10 heteroatoms. The molecule has 0 aliphatic heterocycles. The molecule has 1 aromatic rings. The molecule has 0 aliphatic carbocycles. The number of benzene rings is 1. The van der Waals surface area contributed by atoms with Crippen LogP contribution in [0.25, 0.3) is 0 Å². The van der Waals surface area contributed by atoms with Gasteiger partial charge in [0.2, 0.25) is 0 Å². The molecular formula is C11H16N4O5S. The van der Waals surface area contributed by atoms with Gasteiger partial charge in [0.15, 0.2) is 9.84 Å². The number of sulfone groups is 1. The first kappa shape index (κ1) is 16.9. The zero-order valence-corrected chi connectivity index (χ0v) is 12.1. The second-order valence-electron chi connectivity index (χ2n) is 4.12. The molecule has 1 amide bonds. The van der Waals surface area contributed by atoms with Gasteiger partial charge in [0.25, 0.3) is 11.6 Å². The van der Waals surface area contributed by atoms with E-state index in [-0.39, 0.29) is 35.0 Å². The number of nitrogen functional groups attached to an aromatic ring is 1. The molecule has 0 aromatic heterocycles. The number of nitro groups is 1. The monoisotopic (exact) mass is 316 g/mol. The molecule has 116 valence electrons. The Hall–Kier alpha value is -2.20. The topological polar surface area (TPSA) is 144 Å². The second-order valence-corrected chi connectivity index (χ2v) is 6.60. The Bertz CT molecular complexity index is 644. The van der Waals surface area contributed by atoms with Crippen LogP contribution in [0.4, 0.5) is 11.4 Å². The standard InChI is InChI=1S/C11H16N4O5S/c1-2-21(19,20)6-5-13-11(16)9-7-8(15(17)18)3-4-10(9)14-12/h3-4,7,14H,2,5-6,12H2,1H3,(H,13,16). The Balaban J connectivity index is 2.86. The van der Waals surface area contributed by atoms with Crippen molar-refractivity contribution in [2.24, 2.45) is 5.84 Å². The number of nitrogens with one attached hydrogen (secondary N) is 2. The van der Waals surface area contributed by atoms with Gasteiger partial charge in [0.1, 0.15) is 0 Å². The summed E-state index contributed by atoms with van der Waals surface area (Å²) in [6, 6.07) is 3.57. The van der Waals surface area contributed by atoms with E-state index in [0.29, 0.717) is 0 Å². The lowest BCUT2D eigenvalue weighted by Crippen LogP contribution is -2.30. The van der Waals surface area contributed by atoms with Crippen LogP contribution in [-0.2, 0) is 9.84 Å². The molecule has 0 spiro atoms. The Morgan fingerprint density at radius 1 is 1.43 bits per heavy atom. The number of nitrogens with zero attached hydrogens (tertiary/aromatic N) is 1. The van der Waals surface area contributed by atoms with Crippen molar-refractivity contribution >= 4 is 27.1 Å². The number of anilines is 1. The third-order valence-corrected chi connectivity index (χ3v) is 4.46. The third-order valence-electron chi connectivity index (χ3n) is 2.75. The lowest BCUT2D eigenvalue weighted by Gasteiger charge is -2.09. The van der Waals surface area contributed by atoms with Crippen LogP contribution in [0.2, 0.25) is 0 Å². The van der Waals surface area contributed by atoms with Crippen molar-refractivity contribution in [2.75, 3.05) is 23.5 Å². The van der Waals surface area contributed by atoms with Crippen LogP contribution in [0.1, 0.15) is 17.3 Å². The maximum Gasteiger partial charge on any atom is 0.270 e. The van der Waals surface area contributed by atoms with Gasteiger partial charge in [-0.25, -0.2) is 8.42 Å². The zero-order valence-electron chi connectivity index (χ0n) is 11.3.